The molecule has 23 heavy (non-hydrogen) atoms. The average Bonchev–Trinajstić information content (AvgIpc) is 2.38. The molecule has 0 heterocycles. The molecule has 0 aromatic heterocycles. The molecule has 2 aromatic carbocycles. The van der Waals surface area contributed by atoms with Crippen molar-refractivity contribution in [1.82, 2.24) is 0 Å². The molecule has 9 nitrogen and oxygen atoms in total. The van der Waals surface area contributed by atoms with Crippen LogP contribution in [0.15, 0.2) is 60.7 Å². The zero-order valence-corrected chi connectivity index (χ0v) is 13.1. The summed E-state index contributed by atoms with van der Waals surface area (Å²) in [5.41, 5.74) is 0. The van der Waals surface area contributed by atoms with E-state index in [4.69, 9.17) is 9.11 Å². The van der Waals surface area contributed by atoms with Crippen LogP contribution < -0.4 is 8.37 Å². The molecule has 0 aliphatic carbocycles. The number of hydrogen-bond donors (Lipinski definition) is 2. The van der Waals surface area contributed by atoms with E-state index in [9.17, 15) is 16.8 Å². The Kier molecular flexibility index (Phi) is 8.21. The molecule has 0 aliphatic rings. The first-order valence-corrected chi connectivity index (χ1v) is 8.33. The maximum Gasteiger partial charge on any atom is 0.446 e. The van der Waals surface area contributed by atoms with Gasteiger partial charge in [-0.3, -0.25) is 9.11 Å². The van der Waals surface area contributed by atoms with Crippen molar-refractivity contribution in [2.24, 2.45) is 0 Å². The second kappa shape index (κ2) is 9.07. The first kappa shape index (κ1) is 20.8. The van der Waals surface area contributed by atoms with Gasteiger partial charge in [0.1, 0.15) is 11.5 Å². The predicted octanol–water partition coefficient (Wildman–Crippen LogP) is 0.912. The minimum absolute atomic E-state index is 0. The highest BCUT2D eigenvalue weighted by atomic mass is 32.3. The summed E-state index contributed by atoms with van der Waals surface area (Å²) in [5, 5.41) is 0. The van der Waals surface area contributed by atoms with Gasteiger partial charge in [-0.25, -0.2) is 0 Å². The van der Waals surface area contributed by atoms with Crippen LogP contribution in [0.5, 0.6) is 11.5 Å². The van der Waals surface area contributed by atoms with Crippen LogP contribution in [0.25, 0.3) is 0 Å². The van der Waals surface area contributed by atoms with Gasteiger partial charge in [-0.1, -0.05) is 36.4 Å². The predicted molar refractivity (Wildman–Crippen MR) is 80.9 cm³/mol. The van der Waals surface area contributed by atoms with E-state index >= 15 is 0 Å². The van der Waals surface area contributed by atoms with E-state index in [1.165, 1.54) is 24.3 Å². The van der Waals surface area contributed by atoms with E-state index in [1.807, 2.05) is 0 Å². The molecule has 0 amide bonds. The van der Waals surface area contributed by atoms with Crippen molar-refractivity contribution in [3.8, 4) is 11.5 Å². The van der Waals surface area contributed by atoms with Crippen LogP contribution in [-0.4, -0.2) is 31.4 Å². The number of benzene rings is 2. The van der Waals surface area contributed by atoms with Crippen molar-refractivity contribution in [2.45, 2.75) is 0 Å². The Bertz CT molecular complexity index is 702. The van der Waals surface area contributed by atoms with Gasteiger partial charge in [0, 0.05) is 0 Å². The molecule has 0 saturated heterocycles. The molecule has 0 radical (unpaired) electrons. The fourth-order valence-electron chi connectivity index (χ4n) is 1.20. The van der Waals surface area contributed by atoms with E-state index < -0.39 is 20.8 Å². The van der Waals surface area contributed by atoms with E-state index in [-0.39, 0.29) is 17.0 Å². The van der Waals surface area contributed by atoms with Gasteiger partial charge in [-0.2, -0.15) is 16.8 Å². The molecule has 0 spiro atoms. The number of para-hydroxylation sites is 2. The van der Waals surface area contributed by atoms with Crippen molar-refractivity contribution in [3.05, 3.63) is 60.7 Å². The van der Waals surface area contributed by atoms with Crippen LogP contribution in [0.2, 0.25) is 0 Å². The summed E-state index contributed by atoms with van der Waals surface area (Å²) in [4.78, 5) is 0. The van der Waals surface area contributed by atoms with Crippen molar-refractivity contribution in [1.29, 1.82) is 0 Å². The standard InChI is InChI=1S/2C6H6O4S.H2O/c2*7-11(8,9)10-6-4-2-1-3-5-6;/h2*1-5H,(H,7,8,9);1H2. The normalized spacial score (nSPS) is 10.5. The highest BCUT2D eigenvalue weighted by Gasteiger charge is 2.05. The molecule has 0 unspecified atom stereocenters. The zero-order chi connectivity index (χ0) is 16.6. The van der Waals surface area contributed by atoms with Gasteiger partial charge in [0.05, 0.1) is 0 Å². The van der Waals surface area contributed by atoms with Crippen molar-refractivity contribution < 1.29 is 39.8 Å². The fourth-order valence-corrected chi connectivity index (χ4v) is 1.90. The number of rotatable bonds is 4. The maximum atomic E-state index is 10.1. The third-order valence-corrected chi connectivity index (χ3v) is 2.70. The summed E-state index contributed by atoms with van der Waals surface area (Å²) >= 11 is 0. The first-order valence-electron chi connectivity index (χ1n) is 5.59. The molecule has 0 bridgehead atoms. The molecule has 0 aliphatic heterocycles. The largest absolute Gasteiger partial charge is 0.446 e. The summed E-state index contributed by atoms with van der Waals surface area (Å²) in [7, 11) is -8.75. The summed E-state index contributed by atoms with van der Waals surface area (Å²) in [6.07, 6.45) is 0. The molecular formula is C12H14O9S2. The Morgan fingerprint density at radius 1 is 0.609 bits per heavy atom. The molecule has 0 saturated carbocycles. The van der Waals surface area contributed by atoms with Crippen LogP contribution in [0, 0.1) is 0 Å². The molecule has 2 aromatic rings. The molecule has 4 N–H and O–H groups in total. The van der Waals surface area contributed by atoms with E-state index in [2.05, 4.69) is 8.37 Å². The first-order chi connectivity index (χ1) is 10.2. The Balaban J connectivity index is 0.000000403. The lowest BCUT2D eigenvalue weighted by atomic mass is 10.3. The van der Waals surface area contributed by atoms with Crippen molar-refractivity contribution >= 4 is 20.8 Å². The summed E-state index contributed by atoms with van der Waals surface area (Å²) in [5.74, 6) is 0.185. The van der Waals surface area contributed by atoms with Crippen LogP contribution >= 0.6 is 0 Å². The lowest BCUT2D eigenvalue weighted by Crippen LogP contribution is -2.06. The SMILES string of the molecule is O.O=S(=O)(O)Oc1ccccc1.O=S(=O)(O)Oc1ccccc1. The lowest BCUT2D eigenvalue weighted by molar-refractivity contribution is 0.384. The summed E-state index contributed by atoms with van der Waals surface area (Å²) < 4.78 is 65.2. The van der Waals surface area contributed by atoms with Gasteiger partial charge in [-0.15, -0.1) is 0 Å². The summed E-state index contributed by atoms with van der Waals surface area (Å²) in [6, 6.07) is 15.5. The molecular weight excluding hydrogens is 352 g/mol. The highest BCUT2D eigenvalue weighted by molar-refractivity contribution is 7.81. The molecule has 0 atom stereocenters. The highest BCUT2D eigenvalue weighted by Crippen LogP contribution is 2.10. The second-order valence-corrected chi connectivity index (χ2v) is 5.69. The smallest absolute Gasteiger partial charge is 0.412 e. The van der Waals surface area contributed by atoms with Gasteiger partial charge in [0.2, 0.25) is 0 Å². The van der Waals surface area contributed by atoms with Gasteiger partial charge >= 0.3 is 20.8 Å². The van der Waals surface area contributed by atoms with Crippen molar-refractivity contribution in [2.75, 3.05) is 0 Å². The second-order valence-electron chi connectivity index (χ2n) is 3.65. The monoisotopic (exact) mass is 366 g/mol. The van der Waals surface area contributed by atoms with E-state index in [1.54, 1.807) is 36.4 Å². The van der Waals surface area contributed by atoms with Crippen molar-refractivity contribution in [3.63, 3.8) is 0 Å². The average molecular weight is 366 g/mol. The van der Waals surface area contributed by atoms with E-state index in [0.717, 1.165) is 0 Å². The maximum absolute atomic E-state index is 10.1. The van der Waals surface area contributed by atoms with Gasteiger partial charge in [0.15, 0.2) is 0 Å². The third kappa shape index (κ3) is 11.1. The Morgan fingerprint density at radius 3 is 1.09 bits per heavy atom. The number of hydrogen-bond acceptors (Lipinski definition) is 6. The minimum Gasteiger partial charge on any atom is -0.412 e. The quantitative estimate of drug-likeness (QED) is 0.755. The van der Waals surface area contributed by atoms with Gasteiger partial charge < -0.3 is 13.8 Å². The molecule has 2 rings (SSSR count). The lowest BCUT2D eigenvalue weighted by Gasteiger charge is -1.98. The Hall–Kier alpha value is -2.18. The molecule has 11 heteroatoms. The van der Waals surface area contributed by atoms with Gasteiger partial charge in [0.25, 0.3) is 0 Å². The Labute approximate surface area is 133 Å². The van der Waals surface area contributed by atoms with Crippen LogP contribution in [-0.2, 0) is 20.8 Å². The fraction of sp³-hybridized carbons (Fsp3) is 0. The van der Waals surface area contributed by atoms with E-state index in [0.29, 0.717) is 0 Å². The zero-order valence-electron chi connectivity index (χ0n) is 11.4. The topological polar surface area (TPSA) is 159 Å². The van der Waals surface area contributed by atoms with Crippen LogP contribution in [0.4, 0.5) is 0 Å². The Morgan fingerprint density at radius 2 is 0.870 bits per heavy atom. The minimum atomic E-state index is -4.38. The van der Waals surface area contributed by atoms with Gasteiger partial charge in [-0.05, 0) is 24.3 Å². The summed E-state index contributed by atoms with van der Waals surface area (Å²) in [6.45, 7) is 0. The van der Waals surface area contributed by atoms with Crippen LogP contribution in [0.1, 0.15) is 0 Å². The third-order valence-electron chi connectivity index (χ3n) is 1.89. The van der Waals surface area contributed by atoms with Crippen LogP contribution in [0.3, 0.4) is 0 Å². The molecule has 0 fully saturated rings. The molecule has 128 valence electrons.